The summed E-state index contributed by atoms with van der Waals surface area (Å²) in [4.78, 5) is 1.77. The molecule has 1 N–H and O–H groups in total. The Morgan fingerprint density at radius 2 is 1.73 bits per heavy atom. The van der Waals surface area contributed by atoms with Gasteiger partial charge in [-0.2, -0.15) is 15.0 Å². The summed E-state index contributed by atoms with van der Waals surface area (Å²) in [6.07, 6.45) is 4.04. The van der Waals surface area contributed by atoms with E-state index in [-0.39, 0.29) is 16.9 Å². The second-order valence-electron chi connectivity index (χ2n) is 5.55. The van der Waals surface area contributed by atoms with E-state index in [1.807, 2.05) is 32.9 Å². The quantitative estimate of drug-likeness (QED) is 0.844. The minimum atomic E-state index is -3.55. The molecule has 0 bridgehead atoms. The number of benzene rings is 1. The van der Waals surface area contributed by atoms with E-state index in [1.165, 1.54) is 4.80 Å². The molecule has 1 aromatic carbocycles. The highest BCUT2D eigenvalue weighted by atomic mass is 32.2. The summed E-state index contributed by atoms with van der Waals surface area (Å²) < 4.78 is 27.8. The molecule has 6 nitrogen and oxygen atoms in total. The van der Waals surface area contributed by atoms with Crippen LogP contribution in [-0.2, 0) is 23.0 Å². The van der Waals surface area contributed by atoms with Crippen LogP contribution in [0.1, 0.15) is 26.3 Å². The molecule has 7 heteroatoms. The molecule has 0 amide bonds. The maximum absolute atomic E-state index is 12.5. The standard InChI is InChI=1S/C15H22N4O2S/c1-4-13-5-7-14(8-6-13)22(20,21)18-15(12(2)3)11-19-16-9-10-17-19/h5-10,12,15,18H,4,11H2,1-3H3. The average molecular weight is 322 g/mol. The molecule has 0 fully saturated rings. The third-order valence-corrected chi connectivity index (χ3v) is 5.09. The summed E-state index contributed by atoms with van der Waals surface area (Å²) in [5.41, 5.74) is 1.11. The minimum absolute atomic E-state index is 0.121. The second kappa shape index (κ2) is 7.02. The van der Waals surface area contributed by atoms with Gasteiger partial charge in [0, 0.05) is 6.04 Å². The van der Waals surface area contributed by atoms with Gasteiger partial charge in [0.05, 0.1) is 23.8 Å². The molecule has 0 aliphatic carbocycles. The molecule has 1 atom stereocenters. The second-order valence-corrected chi connectivity index (χ2v) is 7.27. The van der Waals surface area contributed by atoms with Crippen LogP contribution < -0.4 is 4.72 Å². The fourth-order valence-corrected chi connectivity index (χ4v) is 3.45. The maximum Gasteiger partial charge on any atom is 0.240 e. The van der Waals surface area contributed by atoms with Crippen molar-refractivity contribution in [2.45, 2.75) is 44.7 Å². The van der Waals surface area contributed by atoms with Crippen LogP contribution >= 0.6 is 0 Å². The van der Waals surface area contributed by atoms with Crippen molar-refractivity contribution in [2.24, 2.45) is 5.92 Å². The van der Waals surface area contributed by atoms with Crippen molar-refractivity contribution in [3.8, 4) is 0 Å². The molecule has 0 aliphatic heterocycles. The van der Waals surface area contributed by atoms with Gasteiger partial charge in [-0.1, -0.05) is 32.9 Å². The molecule has 120 valence electrons. The van der Waals surface area contributed by atoms with Gasteiger partial charge < -0.3 is 0 Å². The van der Waals surface area contributed by atoms with Crippen LogP contribution in [0.4, 0.5) is 0 Å². The van der Waals surface area contributed by atoms with Crippen LogP contribution in [0.15, 0.2) is 41.6 Å². The maximum atomic E-state index is 12.5. The molecule has 22 heavy (non-hydrogen) atoms. The lowest BCUT2D eigenvalue weighted by Crippen LogP contribution is -2.41. The zero-order valence-electron chi connectivity index (χ0n) is 13.1. The smallest absolute Gasteiger partial charge is 0.207 e. The van der Waals surface area contributed by atoms with Gasteiger partial charge in [-0.25, -0.2) is 13.1 Å². The molecule has 0 saturated heterocycles. The molecule has 2 aromatic rings. The summed E-state index contributed by atoms with van der Waals surface area (Å²) in [5, 5.41) is 8.07. The Kier molecular flexibility index (Phi) is 5.31. The van der Waals surface area contributed by atoms with E-state index in [2.05, 4.69) is 14.9 Å². The summed E-state index contributed by atoms with van der Waals surface area (Å²) in [6, 6.07) is 6.69. The lowest BCUT2D eigenvalue weighted by Gasteiger charge is -2.21. The number of sulfonamides is 1. The van der Waals surface area contributed by atoms with E-state index < -0.39 is 10.0 Å². The van der Waals surface area contributed by atoms with Gasteiger partial charge in [-0.15, -0.1) is 0 Å². The highest BCUT2D eigenvalue weighted by Crippen LogP contribution is 2.14. The summed E-state index contributed by atoms with van der Waals surface area (Å²) >= 11 is 0. The first kappa shape index (κ1) is 16.6. The van der Waals surface area contributed by atoms with Crippen molar-refractivity contribution in [3.63, 3.8) is 0 Å². The molecule has 1 heterocycles. The van der Waals surface area contributed by atoms with Crippen molar-refractivity contribution in [3.05, 3.63) is 42.2 Å². The SMILES string of the molecule is CCc1ccc(S(=O)(=O)NC(Cn2nccn2)C(C)C)cc1. The van der Waals surface area contributed by atoms with E-state index in [0.29, 0.717) is 6.54 Å². The van der Waals surface area contributed by atoms with Crippen LogP contribution in [0.5, 0.6) is 0 Å². The Morgan fingerprint density at radius 1 is 1.14 bits per heavy atom. The molecule has 1 aromatic heterocycles. The molecule has 0 spiro atoms. The number of hydrogen-bond acceptors (Lipinski definition) is 4. The van der Waals surface area contributed by atoms with Crippen LogP contribution in [0.25, 0.3) is 0 Å². The van der Waals surface area contributed by atoms with Crippen LogP contribution in [0.3, 0.4) is 0 Å². The summed E-state index contributed by atoms with van der Waals surface area (Å²) in [7, 11) is -3.55. The lowest BCUT2D eigenvalue weighted by molar-refractivity contribution is 0.361. The van der Waals surface area contributed by atoms with E-state index in [0.717, 1.165) is 12.0 Å². The van der Waals surface area contributed by atoms with Gasteiger partial charge in [0.1, 0.15) is 0 Å². The normalized spacial score (nSPS) is 13.5. The molecule has 0 saturated carbocycles. The van der Waals surface area contributed by atoms with Crippen molar-refractivity contribution >= 4 is 10.0 Å². The zero-order chi connectivity index (χ0) is 16.2. The van der Waals surface area contributed by atoms with E-state index in [4.69, 9.17) is 0 Å². The van der Waals surface area contributed by atoms with Gasteiger partial charge in [0.2, 0.25) is 10.0 Å². The van der Waals surface area contributed by atoms with Gasteiger partial charge >= 0.3 is 0 Å². The monoisotopic (exact) mass is 322 g/mol. The number of hydrogen-bond donors (Lipinski definition) is 1. The molecule has 1 unspecified atom stereocenters. The van der Waals surface area contributed by atoms with E-state index in [1.54, 1.807) is 24.5 Å². The van der Waals surface area contributed by atoms with Gasteiger partial charge in [0.25, 0.3) is 0 Å². The predicted molar refractivity (Wildman–Crippen MR) is 84.8 cm³/mol. The third-order valence-electron chi connectivity index (χ3n) is 3.58. The number of rotatable bonds is 7. The summed E-state index contributed by atoms with van der Waals surface area (Å²) in [6.45, 7) is 6.37. The van der Waals surface area contributed by atoms with Crippen molar-refractivity contribution < 1.29 is 8.42 Å². The largest absolute Gasteiger partial charge is 0.240 e. The number of nitrogens with one attached hydrogen (secondary N) is 1. The average Bonchev–Trinajstić information content (AvgIpc) is 2.99. The van der Waals surface area contributed by atoms with Gasteiger partial charge in [0.15, 0.2) is 0 Å². The van der Waals surface area contributed by atoms with Crippen LogP contribution in [0, 0.1) is 5.92 Å². The highest BCUT2D eigenvalue weighted by molar-refractivity contribution is 7.89. The van der Waals surface area contributed by atoms with Gasteiger partial charge in [-0.3, -0.25) is 0 Å². The first-order valence-electron chi connectivity index (χ1n) is 7.37. The molecule has 0 radical (unpaired) electrons. The molecular formula is C15H22N4O2S. The van der Waals surface area contributed by atoms with Crippen LogP contribution in [0.2, 0.25) is 0 Å². The Balaban J connectivity index is 2.16. The molecular weight excluding hydrogens is 300 g/mol. The minimum Gasteiger partial charge on any atom is -0.207 e. The van der Waals surface area contributed by atoms with Gasteiger partial charge in [-0.05, 0) is 30.0 Å². The number of aryl methyl sites for hydroxylation is 1. The van der Waals surface area contributed by atoms with Crippen molar-refractivity contribution in [1.82, 2.24) is 19.7 Å². The fraction of sp³-hybridized carbons (Fsp3) is 0.467. The Bertz CT molecular complexity index is 679. The molecule has 0 aliphatic rings. The number of aromatic nitrogens is 3. The first-order valence-corrected chi connectivity index (χ1v) is 8.86. The zero-order valence-corrected chi connectivity index (χ0v) is 13.9. The van der Waals surface area contributed by atoms with Crippen LogP contribution in [-0.4, -0.2) is 29.5 Å². The Hall–Kier alpha value is -1.73. The van der Waals surface area contributed by atoms with Crippen molar-refractivity contribution in [2.75, 3.05) is 0 Å². The third kappa shape index (κ3) is 4.14. The predicted octanol–water partition coefficient (Wildman–Crippen LogP) is 1.84. The Labute approximate surface area is 131 Å². The lowest BCUT2D eigenvalue weighted by atomic mass is 10.1. The van der Waals surface area contributed by atoms with E-state index >= 15 is 0 Å². The summed E-state index contributed by atoms with van der Waals surface area (Å²) in [5.74, 6) is 0.121. The van der Waals surface area contributed by atoms with Crippen molar-refractivity contribution in [1.29, 1.82) is 0 Å². The number of nitrogens with zero attached hydrogens (tertiary/aromatic N) is 3. The Morgan fingerprint density at radius 3 is 2.23 bits per heavy atom. The highest BCUT2D eigenvalue weighted by Gasteiger charge is 2.23. The fourth-order valence-electron chi connectivity index (χ4n) is 2.07. The topological polar surface area (TPSA) is 76.9 Å². The first-order chi connectivity index (χ1) is 10.4. The molecule has 2 rings (SSSR count). The van der Waals surface area contributed by atoms with E-state index in [9.17, 15) is 8.42 Å².